The molecule has 2 atom stereocenters. The monoisotopic (exact) mass is 419 g/mol. The van der Waals surface area contributed by atoms with E-state index >= 15 is 0 Å². The number of halogens is 1. The van der Waals surface area contributed by atoms with Crippen LogP contribution in [0.1, 0.15) is 60.3 Å². The maximum absolute atomic E-state index is 12.5. The largest absolute Gasteiger partial charge is 0.488 e. The Morgan fingerprint density at radius 1 is 1.17 bits per heavy atom. The summed E-state index contributed by atoms with van der Waals surface area (Å²) in [7, 11) is 1.37. The molecule has 2 aromatic carbocycles. The van der Waals surface area contributed by atoms with Gasteiger partial charge in [0, 0.05) is 11.6 Å². The molecule has 0 aliphatic heterocycles. The normalized spacial score (nSPS) is 18.4. The molecule has 3 rings (SSSR count). The van der Waals surface area contributed by atoms with Crippen molar-refractivity contribution in [2.24, 2.45) is 0 Å². The van der Waals surface area contributed by atoms with E-state index in [1.807, 2.05) is 36.4 Å². The zero-order chi connectivity index (χ0) is 20.3. The molecule has 2 aromatic rings. The van der Waals surface area contributed by atoms with E-state index in [1.54, 1.807) is 6.07 Å². The van der Waals surface area contributed by atoms with Crippen LogP contribution in [0.5, 0.6) is 5.75 Å². The van der Waals surface area contributed by atoms with E-state index in [0.29, 0.717) is 24.3 Å². The molecule has 1 aliphatic rings. The van der Waals surface area contributed by atoms with Crippen molar-refractivity contribution in [3.05, 3.63) is 64.7 Å². The molecule has 0 bridgehead atoms. The number of nitrogens with one attached hydrogen (secondary N) is 1. The highest BCUT2D eigenvalue weighted by atomic mass is 35.5. The summed E-state index contributed by atoms with van der Waals surface area (Å²) in [6.07, 6.45) is 0.722. The van der Waals surface area contributed by atoms with Gasteiger partial charge in [-0.2, -0.15) is 0 Å². The summed E-state index contributed by atoms with van der Waals surface area (Å²) in [6, 6.07) is 13.4. The smallest absolute Gasteiger partial charge is 0.341 e. The molecule has 5 nitrogen and oxygen atoms in total. The second-order valence-corrected chi connectivity index (χ2v) is 8.26. The number of carbonyl (C=O) groups is 1. The standard InChI is InChI=1S/C23H29NO4.ClH/c1-23(2,3)24-18-12-10-16-17(21(18)25)11-13-19(20(16)22(26)27-4)28-14-15-8-6-5-7-9-15;/h5-9,11,13,18,21,24-25H,10,12,14H2,1-4H3;1H. The minimum Gasteiger partial charge on any atom is -0.488 e. The van der Waals surface area contributed by atoms with E-state index < -0.39 is 12.1 Å². The second kappa shape index (κ2) is 9.61. The number of aliphatic hydroxyl groups excluding tert-OH is 1. The van der Waals surface area contributed by atoms with E-state index in [0.717, 1.165) is 23.1 Å². The van der Waals surface area contributed by atoms with Gasteiger partial charge in [0.25, 0.3) is 0 Å². The van der Waals surface area contributed by atoms with E-state index in [9.17, 15) is 9.90 Å². The van der Waals surface area contributed by atoms with E-state index in [4.69, 9.17) is 9.47 Å². The number of ether oxygens (including phenoxy) is 2. The summed E-state index contributed by atoms with van der Waals surface area (Å²) in [5, 5.41) is 14.4. The molecular weight excluding hydrogens is 390 g/mol. The topological polar surface area (TPSA) is 67.8 Å². The van der Waals surface area contributed by atoms with Crippen molar-refractivity contribution in [2.45, 2.75) is 57.9 Å². The lowest BCUT2D eigenvalue weighted by Gasteiger charge is -2.36. The van der Waals surface area contributed by atoms with Crippen molar-refractivity contribution in [2.75, 3.05) is 7.11 Å². The van der Waals surface area contributed by atoms with Crippen molar-refractivity contribution in [1.82, 2.24) is 5.32 Å². The van der Waals surface area contributed by atoms with Crippen LogP contribution in [-0.4, -0.2) is 29.8 Å². The summed E-state index contributed by atoms with van der Waals surface area (Å²) < 4.78 is 11.0. The van der Waals surface area contributed by atoms with Crippen LogP contribution in [0.3, 0.4) is 0 Å². The maximum atomic E-state index is 12.5. The van der Waals surface area contributed by atoms with Crippen LogP contribution < -0.4 is 10.1 Å². The lowest BCUT2D eigenvalue weighted by molar-refractivity contribution is 0.0590. The first-order chi connectivity index (χ1) is 13.3. The van der Waals surface area contributed by atoms with Gasteiger partial charge in [0.15, 0.2) is 0 Å². The van der Waals surface area contributed by atoms with Crippen molar-refractivity contribution in [3.8, 4) is 5.75 Å². The minimum absolute atomic E-state index is 0. The molecule has 0 radical (unpaired) electrons. The van der Waals surface area contributed by atoms with Crippen LogP contribution in [0.2, 0.25) is 0 Å². The molecule has 0 saturated carbocycles. The molecule has 0 aromatic heterocycles. The first-order valence-corrected chi connectivity index (χ1v) is 9.66. The highest BCUT2D eigenvalue weighted by Crippen LogP contribution is 2.37. The number of hydrogen-bond acceptors (Lipinski definition) is 5. The van der Waals surface area contributed by atoms with Crippen molar-refractivity contribution >= 4 is 18.4 Å². The van der Waals surface area contributed by atoms with Crippen LogP contribution in [0.4, 0.5) is 0 Å². The predicted octanol–water partition coefficient (Wildman–Crippen LogP) is 4.21. The molecule has 2 N–H and O–H groups in total. The summed E-state index contributed by atoms with van der Waals surface area (Å²) in [5.41, 5.74) is 2.92. The van der Waals surface area contributed by atoms with Crippen LogP contribution in [0.25, 0.3) is 0 Å². The zero-order valence-electron chi connectivity index (χ0n) is 17.4. The number of methoxy groups -OCH3 is 1. The fourth-order valence-electron chi connectivity index (χ4n) is 3.75. The van der Waals surface area contributed by atoms with Gasteiger partial charge in [-0.15, -0.1) is 12.4 Å². The number of carbonyl (C=O) groups excluding carboxylic acids is 1. The fourth-order valence-corrected chi connectivity index (χ4v) is 3.75. The van der Waals surface area contributed by atoms with E-state index in [1.165, 1.54) is 7.11 Å². The third-order valence-electron chi connectivity index (χ3n) is 4.96. The number of hydrogen-bond donors (Lipinski definition) is 2. The Hall–Kier alpha value is -2.08. The summed E-state index contributed by atoms with van der Waals surface area (Å²) in [6.45, 7) is 6.60. The molecule has 0 amide bonds. The van der Waals surface area contributed by atoms with Crippen LogP contribution in [0, 0.1) is 0 Å². The Kier molecular flexibility index (Phi) is 7.69. The minimum atomic E-state index is -0.686. The van der Waals surface area contributed by atoms with Crippen LogP contribution in [-0.2, 0) is 17.8 Å². The Balaban J connectivity index is 0.00000300. The van der Waals surface area contributed by atoms with Gasteiger partial charge in [-0.3, -0.25) is 0 Å². The number of aliphatic hydroxyl groups is 1. The van der Waals surface area contributed by atoms with Crippen LogP contribution >= 0.6 is 12.4 Å². The first-order valence-electron chi connectivity index (χ1n) is 9.66. The number of fused-ring (bicyclic) bond motifs is 1. The summed E-state index contributed by atoms with van der Waals surface area (Å²) >= 11 is 0. The molecule has 158 valence electrons. The lowest BCUT2D eigenvalue weighted by Crippen LogP contribution is -2.48. The maximum Gasteiger partial charge on any atom is 0.341 e. The average Bonchev–Trinajstić information content (AvgIpc) is 2.67. The van der Waals surface area contributed by atoms with Gasteiger partial charge >= 0.3 is 5.97 Å². The molecular formula is C23H30ClNO4. The Labute approximate surface area is 178 Å². The quantitative estimate of drug-likeness (QED) is 0.710. The Morgan fingerprint density at radius 2 is 1.86 bits per heavy atom. The molecule has 0 spiro atoms. The third kappa shape index (κ3) is 5.50. The van der Waals surface area contributed by atoms with E-state index in [2.05, 4.69) is 26.1 Å². The number of benzene rings is 2. The van der Waals surface area contributed by atoms with Crippen LogP contribution in [0.15, 0.2) is 42.5 Å². The van der Waals surface area contributed by atoms with Gasteiger partial charge in [-0.25, -0.2) is 4.79 Å². The summed E-state index contributed by atoms with van der Waals surface area (Å²) in [4.78, 5) is 12.5. The van der Waals surface area contributed by atoms with E-state index in [-0.39, 0.29) is 24.0 Å². The molecule has 6 heteroatoms. The molecule has 2 unspecified atom stereocenters. The average molecular weight is 420 g/mol. The molecule has 1 aliphatic carbocycles. The second-order valence-electron chi connectivity index (χ2n) is 8.26. The van der Waals surface area contributed by atoms with Gasteiger partial charge in [-0.1, -0.05) is 36.4 Å². The Morgan fingerprint density at radius 3 is 2.48 bits per heavy atom. The third-order valence-corrected chi connectivity index (χ3v) is 4.96. The van der Waals surface area contributed by atoms with Gasteiger partial charge in [0.1, 0.15) is 17.9 Å². The highest BCUT2D eigenvalue weighted by Gasteiger charge is 2.34. The number of esters is 1. The SMILES string of the molecule is COC(=O)c1c(OCc2ccccc2)ccc2c1CCC(NC(C)(C)C)C2O.Cl. The molecule has 0 heterocycles. The zero-order valence-corrected chi connectivity index (χ0v) is 18.2. The lowest BCUT2D eigenvalue weighted by atomic mass is 9.82. The van der Waals surface area contributed by atoms with Crippen molar-refractivity contribution in [3.63, 3.8) is 0 Å². The van der Waals surface area contributed by atoms with Gasteiger partial charge in [-0.05, 0) is 56.4 Å². The predicted molar refractivity (Wildman–Crippen MR) is 116 cm³/mol. The number of rotatable bonds is 5. The van der Waals surface area contributed by atoms with Gasteiger partial charge < -0.3 is 19.9 Å². The molecule has 0 saturated heterocycles. The first kappa shape index (κ1) is 23.2. The van der Waals surface area contributed by atoms with Crippen molar-refractivity contribution < 1.29 is 19.4 Å². The van der Waals surface area contributed by atoms with Crippen molar-refractivity contribution in [1.29, 1.82) is 0 Å². The molecule has 0 fully saturated rings. The Bertz CT molecular complexity index is 833. The summed E-state index contributed by atoms with van der Waals surface area (Å²) in [5.74, 6) is 0.0539. The highest BCUT2D eigenvalue weighted by molar-refractivity contribution is 5.94. The van der Waals surface area contributed by atoms with Gasteiger partial charge in [0.2, 0.25) is 0 Å². The molecule has 29 heavy (non-hydrogen) atoms. The fraction of sp³-hybridized carbons (Fsp3) is 0.435. The van der Waals surface area contributed by atoms with Gasteiger partial charge in [0.05, 0.1) is 13.2 Å².